The molecule has 7 heteroatoms. The summed E-state index contributed by atoms with van der Waals surface area (Å²) in [5.41, 5.74) is 2.01. The summed E-state index contributed by atoms with van der Waals surface area (Å²) in [5.74, 6) is -0.145. The van der Waals surface area contributed by atoms with Crippen molar-refractivity contribution in [2.24, 2.45) is 0 Å². The van der Waals surface area contributed by atoms with Gasteiger partial charge in [-0.3, -0.25) is 9.59 Å². The molecule has 0 unspecified atom stereocenters. The summed E-state index contributed by atoms with van der Waals surface area (Å²) in [4.78, 5) is 26.5. The van der Waals surface area contributed by atoms with Crippen LogP contribution in [0.1, 0.15) is 27.7 Å². The highest BCUT2D eigenvalue weighted by Crippen LogP contribution is 2.36. The SMILES string of the molecule is CCOC(=O)Cc1cc(C(=O)c2ccc(Cl)cc2OC)sc1-c1ccc(Cl)cc1. The molecule has 3 aromatic rings. The van der Waals surface area contributed by atoms with E-state index in [1.165, 1.54) is 18.4 Å². The highest BCUT2D eigenvalue weighted by atomic mass is 35.5. The molecule has 0 fully saturated rings. The average molecular weight is 449 g/mol. The van der Waals surface area contributed by atoms with Crippen molar-refractivity contribution in [1.82, 2.24) is 0 Å². The lowest BCUT2D eigenvalue weighted by Gasteiger charge is -2.06. The molecule has 0 aliphatic heterocycles. The van der Waals surface area contributed by atoms with Gasteiger partial charge in [-0.25, -0.2) is 0 Å². The Morgan fingerprint density at radius 3 is 2.34 bits per heavy atom. The quantitative estimate of drug-likeness (QED) is 0.325. The van der Waals surface area contributed by atoms with Gasteiger partial charge in [0.25, 0.3) is 0 Å². The molecule has 1 heterocycles. The summed E-state index contributed by atoms with van der Waals surface area (Å²) in [6.07, 6.45) is 0.0767. The van der Waals surface area contributed by atoms with Gasteiger partial charge in [-0.2, -0.15) is 0 Å². The lowest BCUT2D eigenvalue weighted by molar-refractivity contribution is -0.142. The molecular weight excluding hydrogens is 431 g/mol. The Hall–Kier alpha value is -2.34. The van der Waals surface area contributed by atoms with E-state index in [2.05, 4.69) is 0 Å². The molecule has 0 saturated carbocycles. The topological polar surface area (TPSA) is 52.6 Å². The summed E-state index contributed by atoms with van der Waals surface area (Å²) >= 11 is 13.3. The lowest BCUT2D eigenvalue weighted by atomic mass is 10.0. The van der Waals surface area contributed by atoms with E-state index in [4.69, 9.17) is 32.7 Å². The van der Waals surface area contributed by atoms with E-state index in [9.17, 15) is 9.59 Å². The molecule has 4 nitrogen and oxygen atoms in total. The third-order valence-electron chi connectivity index (χ3n) is 4.19. The highest BCUT2D eigenvalue weighted by molar-refractivity contribution is 7.17. The molecule has 2 aromatic carbocycles. The zero-order valence-electron chi connectivity index (χ0n) is 15.8. The molecule has 150 valence electrons. The van der Waals surface area contributed by atoms with Crippen molar-refractivity contribution in [1.29, 1.82) is 0 Å². The maximum atomic E-state index is 13.1. The monoisotopic (exact) mass is 448 g/mol. The van der Waals surface area contributed by atoms with Gasteiger partial charge in [0, 0.05) is 14.9 Å². The minimum Gasteiger partial charge on any atom is -0.496 e. The first-order valence-corrected chi connectivity index (χ1v) is 10.4. The Labute approximate surface area is 183 Å². The third-order valence-corrected chi connectivity index (χ3v) is 5.90. The maximum Gasteiger partial charge on any atom is 0.310 e. The molecule has 0 saturated heterocycles. The van der Waals surface area contributed by atoms with Crippen LogP contribution < -0.4 is 4.74 Å². The van der Waals surface area contributed by atoms with E-state index >= 15 is 0 Å². The van der Waals surface area contributed by atoms with Gasteiger partial charge in [0.15, 0.2) is 0 Å². The minimum absolute atomic E-state index is 0.0767. The number of carbonyl (C=O) groups excluding carboxylic acids is 2. The van der Waals surface area contributed by atoms with Gasteiger partial charge < -0.3 is 9.47 Å². The van der Waals surface area contributed by atoms with Crippen LogP contribution in [0.25, 0.3) is 10.4 Å². The fraction of sp³-hybridized carbons (Fsp3) is 0.182. The van der Waals surface area contributed by atoms with Gasteiger partial charge in [-0.05, 0) is 54.4 Å². The molecular formula is C22H18Cl2O4S. The number of rotatable bonds is 7. The second-order valence-corrected chi connectivity index (χ2v) is 8.05. The van der Waals surface area contributed by atoms with Crippen LogP contribution in [0.3, 0.4) is 0 Å². The van der Waals surface area contributed by atoms with E-state index in [-0.39, 0.29) is 18.2 Å². The largest absolute Gasteiger partial charge is 0.496 e. The van der Waals surface area contributed by atoms with Crippen molar-refractivity contribution in [2.45, 2.75) is 13.3 Å². The Balaban J connectivity index is 2.04. The van der Waals surface area contributed by atoms with Crippen LogP contribution in [0.5, 0.6) is 5.75 Å². The van der Waals surface area contributed by atoms with Gasteiger partial charge in [0.1, 0.15) is 5.75 Å². The van der Waals surface area contributed by atoms with Crippen LogP contribution >= 0.6 is 34.5 Å². The fourth-order valence-electron chi connectivity index (χ4n) is 2.87. The summed E-state index contributed by atoms with van der Waals surface area (Å²) in [5, 5.41) is 1.09. The van der Waals surface area contributed by atoms with E-state index in [0.717, 1.165) is 16.0 Å². The van der Waals surface area contributed by atoms with E-state index < -0.39 is 0 Å². The van der Waals surface area contributed by atoms with Gasteiger partial charge in [-0.1, -0.05) is 35.3 Å². The average Bonchev–Trinajstić information content (AvgIpc) is 3.11. The summed E-state index contributed by atoms with van der Waals surface area (Å²) in [7, 11) is 1.49. The number of halogens is 2. The van der Waals surface area contributed by atoms with E-state index in [1.807, 2.05) is 12.1 Å². The first-order chi connectivity index (χ1) is 13.9. The van der Waals surface area contributed by atoms with E-state index in [1.54, 1.807) is 43.3 Å². The number of carbonyl (C=O) groups is 2. The molecule has 0 aliphatic rings. The Morgan fingerprint density at radius 1 is 1.00 bits per heavy atom. The minimum atomic E-state index is -0.344. The van der Waals surface area contributed by atoms with Gasteiger partial charge in [0.05, 0.1) is 30.6 Å². The Morgan fingerprint density at radius 2 is 1.69 bits per heavy atom. The predicted molar refractivity (Wildman–Crippen MR) is 117 cm³/mol. The Bertz CT molecular complexity index is 1040. The molecule has 29 heavy (non-hydrogen) atoms. The first-order valence-electron chi connectivity index (χ1n) is 8.85. The van der Waals surface area contributed by atoms with Gasteiger partial charge in [-0.15, -0.1) is 11.3 Å². The number of methoxy groups -OCH3 is 1. The fourth-order valence-corrected chi connectivity index (χ4v) is 4.30. The standard InChI is InChI=1S/C22H18Cl2O4S/c1-3-28-20(25)11-14-10-19(29-22(14)13-4-6-15(23)7-5-13)21(26)17-9-8-16(24)12-18(17)27-2/h4-10,12H,3,11H2,1-2H3. The lowest BCUT2D eigenvalue weighted by Crippen LogP contribution is -2.07. The maximum absolute atomic E-state index is 13.1. The molecule has 0 atom stereocenters. The molecule has 0 spiro atoms. The number of hydrogen-bond acceptors (Lipinski definition) is 5. The van der Waals surface area contributed by atoms with E-state index in [0.29, 0.717) is 32.8 Å². The number of hydrogen-bond donors (Lipinski definition) is 0. The summed E-state index contributed by atoms with van der Waals surface area (Å²) < 4.78 is 10.4. The zero-order valence-corrected chi connectivity index (χ0v) is 18.2. The number of esters is 1. The predicted octanol–water partition coefficient (Wildman–Crippen LogP) is 6.07. The molecule has 0 radical (unpaired) electrons. The van der Waals surface area contributed by atoms with Crippen molar-refractivity contribution in [3.05, 3.63) is 74.6 Å². The molecule has 0 amide bonds. The van der Waals surface area contributed by atoms with Crippen molar-refractivity contribution < 1.29 is 19.1 Å². The van der Waals surface area contributed by atoms with Crippen LogP contribution in [0, 0.1) is 0 Å². The van der Waals surface area contributed by atoms with Gasteiger partial charge in [0.2, 0.25) is 5.78 Å². The van der Waals surface area contributed by atoms with Crippen LogP contribution in [0.2, 0.25) is 10.0 Å². The van der Waals surface area contributed by atoms with Gasteiger partial charge >= 0.3 is 5.97 Å². The molecule has 0 N–H and O–H groups in total. The smallest absolute Gasteiger partial charge is 0.310 e. The second-order valence-electron chi connectivity index (χ2n) is 6.13. The summed E-state index contributed by atoms with van der Waals surface area (Å²) in [6, 6.07) is 13.9. The number of ether oxygens (including phenoxy) is 2. The van der Waals surface area contributed by atoms with Crippen molar-refractivity contribution in [3.8, 4) is 16.2 Å². The van der Waals surface area contributed by atoms with Crippen LogP contribution in [0.4, 0.5) is 0 Å². The van der Waals surface area contributed by atoms with Crippen molar-refractivity contribution >= 4 is 46.3 Å². The number of benzene rings is 2. The zero-order chi connectivity index (χ0) is 21.0. The molecule has 3 rings (SSSR count). The number of thiophene rings is 1. The van der Waals surface area contributed by atoms with Crippen molar-refractivity contribution in [3.63, 3.8) is 0 Å². The normalized spacial score (nSPS) is 10.6. The van der Waals surface area contributed by atoms with Crippen LogP contribution in [-0.4, -0.2) is 25.5 Å². The first kappa shape index (κ1) is 21.4. The third kappa shape index (κ3) is 4.99. The Kier molecular flexibility index (Phi) is 6.96. The highest BCUT2D eigenvalue weighted by Gasteiger charge is 2.22. The summed E-state index contributed by atoms with van der Waals surface area (Å²) in [6.45, 7) is 2.06. The second kappa shape index (κ2) is 9.44. The number of ketones is 1. The van der Waals surface area contributed by atoms with Crippen LogP contribution in [0.15, 0.2) is 48.5 Å². The molecule has 0 bridgehead atoms. The molecule has 0 aliphatic carbocycles. The van der Waals surface area contributed by atoms with Crippen molar-refractivity contribution in [2.75, 3.05) is 13.7 Å². The van der Waals surface area contributed by atoms with Crippen LogP contribution in [-0.2, 0) is 16.0 Å². The molecule has 1 aromatic heterocycles.